The van der Waals surface area contributed by atoms with Crippen LogP contribution in [-0.2, 0) is 11.8 Å². The third-order valence-corrected chi connectivity index (χ3v) is 2.15. The lowest BCUT2D eigenvalue weighted by atomic mass is 10.2. The maximum Gasteiger partial charge on any atom is 0.0776 e. The second kappa shape index (κ2) is 5.82. The fourth-order valence-corrected chi connectivity index (χ4v) is 1.40. The smallest absolute Gasteiger partial charge is 0.0776 e. The van der Waals surface area contributed by atoms with Gasteiger partial charge in [0.05, 0.1) is 30.6 Å². The van der Waals surface area contributed by atoms with E-state index in [1.54, 1.807) is 10.9 Å². The fourth-order valence-electron chi connectivity index (χ4n) is 1.40. The van der Waals surface area contributed by atoms with Crippen LogP contribution in [0.3, 0.4) is 0 Å². The van der Waals surface area contributed by atoms with Crippen LogP contribution in [-0.4, -0.2) is 34.2 Å². The first-order valence-corrected chi connectivity index (χ1v) is 5.34. The van der Waals surface area contributed by atoms with Crippen LogP contribution in [0.4, 0.5) is 0 Å². The lowest BCUT2D eigenvalue weighted by molar-refractivity contribution is 0.0599. The molecule has 0 aliphatic heterocycles. The molecule has 1 unspecified atom stereocenters. The molecular weight excluding hydrogens is 192 g/mol. The van der Waals surface area contributed by atoms with Crippen LogP contribution in [0.5, 0.6) is 0 Å². The van der Waals surface area contributed by atoms with Gasteiger partial charge in [-0.2, -0.15) is 0 Å². The number of rotatable bonds is 6. The number of nitrogens with one attached hydrogen (secondary N) is 1. The predicted molar refractivity (Wildman–Crippen MR) is 58.5 cm³/mol. The van der Waals surface area contributed by atoms with Crippen molar-refractivity contribution in [3.05, 3.63) is 11.9 Å². The fraction of sp³-hybridized carbons (Fsp3) is 0.800. The first-order valence-electron chi connectivity index (χ1n) is 5.34. The topological polar surface area (TPSA) is 52.0 Å². The van der Waals surface area contributed by atoms with Crippen LogP contribution in [0.2, 0.25) is 0 Å². The summed E-state index contributed by atoms with van der Waals surface area (Å²) in [7, 11) is 1.89. The molecule has 0 saturated heterocycles. The Hall–Kier alpha value is -0.940. The molecule has 1 heterocycles. The molecule has 1 atom stereocenters. The highest BCUT2D eigenvalue weighted by Gasteiger charge is 2.15. The van der Waals surface area contributed by atoms with Crippen molar-refractivity contribution in [3.8, 4) is 0 Å². The Balaban J connectivity index is 2.61. The Morgan fingerprint density at radius 1 is 1.53 bits per heavy atom. The minimum Gasteiger partial charge on any atom is -0.377 e. The highest BCUT2D eigenvalue weighted by molar-refractivity contribution is 5.01. The van der Waals surface area contributed by atoms with Gasteiger partial charge in [-0.1, -0.05) is 12.1 Å². The highest BCUT2D eigenvalue weighted by Crippen LogP contribution is 2.11. The minimum atomic E-state index is 0.164. The van der Waals surface area contributed by atoms with Crippen molar-refractivity contribution in [2.75, 3.05) is 13.2 Å². The van der Waals surface area contributed by atoms with E-state index < -0.39 is 0 Å². The maximum absolute atomic E-state index is 5.60. The maximum atomic E-state index is 5.60. The molecule has 0 radical (unpaired) electrons. The van der Waals surface area contributed by atoms with Crippen molar-refractivity contribution in [3.63, 3.8) is 0 Å². The SMILES string of the molecule is CCNC(COC(C)C)c1cnnn1C. The molecule has 86 valence electrons. The zero-order valence-electron chi connectivity index (χ0n) is 9.90. The molecule has 0 bridgehead atoms. The number of aryl methyl sites for hydroxylation is 1. The zero-order valence-corrected chi connectivity index (χ0v) is 9.90. The van der Waals surface area contributed by atoms with Crippen molar-refractivity contribution in [2.24, 2.45) is 7.05 Å². The van der Waals surface area contributed by atoms with Crippen LogP contribution in [0, 0.1) is 0 Å². The normalized spacial score (nSPS) is 13.4. The van der Waals surface area contributed by atoms with Gasteiger partial charge in [-0.25, -0.2) is 0 Å². The van der Waals surface area contributed by atoms with Gasteiger partial charge in [-0.05, 0) is 20.4 Å². The van der Waals surface area contributed by atoms with Gasteiger partial charge in [0, 0.05) is 7.05 Å². The summed E-state index contributed by atoms with van der Waals surface area (Å²) in [6.07, 6.45) is 2.02. The van der Waals surface area contributed by atoms with Gasteiger partial charge in [0.15, 0.2) is 0 Å². The summed E-state index contributed by atoms with van der Waals surface area (Å²) < 4.78 is 7.38. The van der Waals surface area contributed by atoms with E-state index in [9.17, 15) is 0 Å². The molecular formula is C10H20N4O. The van der Waals surface area contributed by atoms with Crippen LogP contribution in [0.1, 0.15) is 32.5 Å². The monoisotopic (exact) mass is 212 g/mol. The van der Waals surface area contributed by atoms with Gasteiger partial charge in [0.2, 0.25) is 0 Å². The Bertz CT molecular complexity index is 285. The molecule has 0 aromatic carbocycles. The second-order valence-electron chi connectivity index (χ2n) is 3.77. The van der Waals surface area contributed by atoms with Gasteiger partial charge in [-0.15, -0.1) is 5.10 Å². The molecule has 0 aliphatic carbocycles. The molecule has 15 heavy (non-hydrogen) atoms. The van der Waals surface area contributed by atoms with E-state index in [-0.39, 0.29) is 12.1 Å². The largest absolute Gasteiger partial charge is 0.377 e. The number of hydrogen-bond acceptors (Lipinski definition) is 4. The molecule has 0 fully saturated rings. The van der Waals surface area contributed by atoms with E-state index in [4.69, 9.17) is 4.74 Å². The number of hydrogen-bond donors (Lipinski definition) is 1. The van der Waals surface area contributed by atoms with Crippen molar-refractivity contribution >= 4 is 0 Å². The van der Waals surface area contributed by atoms with E-state index in [1.165, 1.54) is 0 Å². The average molecular weight is 212 g/mol. The van der Waals surface area contributed by atoms with Crippen molar-refractivity contribution in [1.82, 2.24) is 20.3 Å². The molecule has 1 aromatic rings. The number of ether oxygens (including phenoxy) is 1. The zero-order chi connectivity index (χ0) is 11.3. The number of aromatic nitrogens is 3. The molecule has 0 saturated carbocycles. The van der Waals surface area contributed by atoms with Gasteiger partial charge in [0.1, 0.15) is 0 Å². The van der Waals surface area contributed by atoms with Gasteiger partial charge in [-0.3, -0.25) is 4.68 Å². The summed E-state index contributed by atoms with van der Waals surface area (Å²) in [6, 6.07) is 0.164. The molecule has 0 amide bonds. The summed E-state index contributed by atoms with van der Waals surface area (Å²) >= 11 is 0. The second-order valence-corrected chi connectivity index (χ2v) is 3.77. The first-order chi connectivity index (χ1) is 7.15. The summed E-state index contributed by atoms with van der Waals surface area (Å²) in [5.74, 6) is 0. The first kappa shape index (κ1) is 12.1. The molecule has 5 nitrogen and oxygen atoms in total. The lowest BCUT2D eigenvalue weighted by Gasteiger charge is -2.18. The Morgan fingerprint density at radius 3 is 2.73 bits per heavy atom. The van der Waals surface area contributed by atoms with E-state index in [0.29, 0.717) is 6.61 Å². The van der Waals surface area contributed by atoms with Gasteiger partial charge >= 0.3 is 0 Å². The molecule has 1 rings (SSSR count). The molecule has 1 N–H and O–H groups in total. The van der Waals surface area contributed by atoms with E-state index in [1.807, 2.05) is 20.9 Å². The summed E-state index contributed by atoms with van der Waals surface area (Å²) in [5, 5.41) is 11.1. The highest BCUT2D eigenvalue weighted by atomic mass is 16.5. The molecule has 1 aromatic heterocycles. The summed E-state index contributed by atoms with van der Waals surface area (Å²) in [6.45, 7) is 7.69. The standard InChI is InChI=1S/C10H20N4O/c1-5-11-9(7-15-8(2)3)10-6-12-13-14(10)4/h6,8-9,11H,5,7H2,1-4H3. The Labute approximate surface area is 90.8 Å². The minimum absolute atomic E-state index is 0.164. The van der Waals surface area contributed by atoms with Gasteiger partial charge < -0.3 is 10.1 Å². The molecule has 0 spiro atoms. The third kappa shape index (κ3) is 3.60. The summed E-state index contributed by atoms with van der Waals surface area (Å²) in [4.78, 5) is 0. The molecule has 0 aliphatic rings. The van der Waals surface area contributed by atoms with Crippen LogP contribution >= 0.6 is 0 Å². The van der Waals surface area contributed by atoms with Crippen molar-refractivity contribution < 1.29 is 4.74 Å². The lowest BCUT2D eigenvalue weighted by Crippen LogP contribution is -2.28. The van der Waals surface area contributed by atoms with E-state index in [2.05, 4.69) is 22.6 Å². The quantitative estimate of drug-likeness (QED) is 0.761. The average Bonchev–Trinajstić information content (AvgIpc) is 2.59. The van der Waals surface area contributed by atoms with Crippen LogP contribution < -0.4 is 5.32 Å². The number of likely N-dealkylation sites (N-methyl/N-ethyl adjacent to an activating group) is 1. The Kier molecular flexibility index (Phi) is 4.71. The van der Waals surface area contributed by atoms with Crippen molar-refractivity contribution in [1.29, 1.82) is 0 Å². The number of nitrogens with zero attached hydrogens (tertiary/aromatic N) is 3. The van der Waals surface area contributed by atoms with Crippen LogP contribution in [0.15, 0.2) is 6.20 Å². The summed E-state index contributed by atoms with van der Waals surface area (Å²) in [5.41, 5.74) is 1.05. The van der Waals surface area contributed by atoms with Gasteiger partial charge in [0.25, 0.3) is 0 Å². The Morgan fingerprint density at radius 2 is 2.27 bits per heavy atom. The molecule has 5 heteroatoms. The predicted octanol–water partition coefficient (Wildman–Crippen LogP) is 0.891. The van der Waals surface area contributed by atoms with E-state index in [0.717, 1.165) is 12.2 Å². The van der Waals surface area contributed by atoms with Crippen molar-refractivity contribution in [2.45, 2.75) is 32.9 Å². The third-order valence-electron chi connectivity index (χ3n) is 2.15. The van der Waals surface area contributed by atoms with E-state index >= 15 is 0 Å². The van der Waals surface area contributed by atoms with Crippen LogP contribution in [0.25, 0.3) is 0 Å².